The van der Waals surface area contributed by atoms with Crippen molar-refractivity contribution in [1.29, 1.82) is 0 Å². The zero-order valence-corrected chi connectivity index (χ0v) is 16.0. The minimum Gasteiger partial charge on any atom is -0.493 e. The fraction of sp³-hybridized carbons (Fsp3) is 0.650. The molecule has 1 aromatic carbocycles. The van der Waals surface area contributed by atoms with Gasteiger partial charge < -0.3 is 19.1 Å². The van der Waals surface area contributed by atoms with Gasteiger partial charge in [-0.15, -0.1) is 0 Å². The van der Waals surface area contributed by atoms with Crippen molar-refractivity contribution in [2.45, 2.75) is 45.6 Å². The van der Waals surface area contributed by atoms with E-state index in [-0.39, 0.29) is 16.9 Å². The van der Waals surface area contributed by atoms with Crippen LogP contribution in [0, 0.1) is 5.41 Å². The van der Waals surface area contributed by atoms with Crippen LogP contribution in [0.2, 0.25) is 0 Å². The van der Waals surface area contributed by atoms with Gasteiger partial charge in [0.1, 0.15) is 0 Å². The number of carbonyl (C=O) groups excluding carboxylic acids is 1. The van der Waals surface area contributed by atoms with Crippen molar-refractivity contribution < 1.29 is 19.0 Å². The smallest absolute Gasteiger partial charge is 0.227 e. The van der Waals surface area contributed by atoms with Crippen LogP contribution in [-0.2, 0) is 21.6 Å². The lowest BCUT2D eigenvalue weighted by Gasteiger charge is -2.46. The molecule has 1 spiro atoms. The summed E-state index contributed by atoms with van der Waals surface area (Å²) >= 11 is 0. The Balaban J connectivity index is 1.87. The van der Waals surface area contributed by atoms with Crippen molar-refractivity contribution in [2.24, 2.45) is 5.41 Å². The van der Waals surface area contributed by atoms with Crippen molar-refractivity contribution in [1.82, 2.24) is 4.90 Å². The van der Waals surface area contributed by atoms with E-state index in [0.29, 0.717) is 6.61 Å². The summed E-state index contributed by atoms with van der Waals surface area (Å²) in [6, 6.07) is 4.14. The zero-order chi connectivity index (χ0) is 18.2. The predicted octanol–water partition coefficient (Wildman–Crippen LogP) is 3.14. The van der Waals surface area contributed by atoms with Crippen molar-refractivity contribution in [3.8, 4) is 11.5 Å². The van der Waals surface area contributed by atoms with Crippen LogP contribution >= 0.6 is 0 Å². The normalized spacial score (nSPS) is 19.5. The van der Waals surface area contributed by atoms with Gasteiger partial charge in [0.25, 0.3) is 0 Å². The van der Waals surface area contributed by atoms with E-state index >= 15 is 0 Å². The fourth-order valence-corrected chi connectivity index (χ4v) is 3.95. The summed E-state index contributed by atoms with van der Waals surface area (Å²) < 4.78 is 17.2. The largest absolute Gasteiger partial charge is 0.493 e. The molecule has 2 aliphatic heterocycles. The third kappa shape index (κ3) is 3.22. The van der Waals surface area contributed by atoms with Gasteiger partial charge in [0.2, 0.25) is 5.91 Å². The Labute approximate surface area is 150 Å². The molecule has 0 bridgehead atoms. The molecule has 138 valence electrons. The first-order chi connectivity index (χ1) is 11.8. The molecule has 1 saturated heterocycles. The van der Waals surface area contributed by atoms with Crippen LogP contribution in [0.5, 0.6) is 11.5 Å². The second-order valence-corrected chi connectivity index (χ2v) is 8.00. The number of hydrogen-bond acceptors (Lipinski definition) is 4. The second-order valence-electron chi connectivity index (χ2n) is 8.00. The highest BCUT2D eigenvalue weighted by molar-refractivity contribution is 5.81. The third-order valence-corrected chi connectivity index (χ3v) is 5.35. The molecule has 5 heteroatoms. The SMILES string of the molecule is COc1cc2c(cc1OC)C1(CCN(C(=O)C(C)(C)C)CC1)OCC2. The van der Waals surface area contributed by atoms with Crippen LogP contribution in [0.3, 0.4) is 0 Å². The molecule has 25 heavy (non-hydrogen) atoms. The van der Waals surface area contributed by atoms with E-state index in [9.17, 15) is 4.79 Å². The van der Waals surface area contributed by atoms with E-state index in [1.807, 2.05) is 25.7 Å². The lowest BCUT2D eigenvalue weighted by Crippen LogP contribution is -2.50. The summed E-state index contributed by atoms with van der Waals surface area (Å²) in [6.45, 7) is 8.08. The molecule has 0 unspecified atom stereocenters. The van der Waals surface area contributed by atoms with Crippen molar-refractivity contribution >= 4 is 5.91 Å². The first-order valence-corrected chi connectivity index (χ1v) is 8.99. The highest BCUT2D eigenvalue weighted by atomic mass is 16.5. The van der Waals surface area contributed by atoms with E-state index < -0.39 is 0 Å². The Bertz CT molecular complexity index is 654. The molecule has 3 rings (SSSR count). The molecule has 0 aliphatic carbocycles. The van der Waals surface area contributed by atoms with E-state index in [0.717, 1.165) is 43.9 Å². The molecule has 2 heterocycles. The number of benzene rings is 1. The number of nitrogens with zero attached hydrogens (tertiary/aromatic N) is 1. The molecule has 1 fully saturated rings. The van der Waals surface area contributed by atoms with Crippen LogP contribution < -0.4 is 9.47 Å². The van der Waals surface area contributed by atoms with Crippen molar-refractivity contribution in [2.75, 3.05) is 33.9 Å². The average molecular weight is 347 g/mol. The maximum absolute atomic E-state index is 12.6. The van der Waals surface area contributed by atoms with Crippen LogP contribution in [0.4, 0.5) is 0 Å². The van der Waals surface area contributed by atoms with Gasteiger partial charge in [-0.05, 0) is 42.5 Å². The van der Waals surface area contributed by atoms with Gasteiger partial charge in [-0.2, -0.15) is 0 Å². The first-order valence-electron chi connectivity index (χ1n) is 8.99. The number of likely N-dealkylation sites (tertiary alicyclic amines) is 1. The summed E-state index contributed by atoms with van der Waals surface area (Å²) in [7, 11) is 3.32. The first kappa shape index (κ1) is 18.1. The summed E-state index contributed by atoms with van der Waals surface area (Å²) in [4.78, 5) is 14.5. The molecule has 0 radical (unpaired) electrons. The molecule has 1 aromatic rings. The Morgan fingerprint density at radius 3 is 2.28 bits per heavy atom. The van der Waals surface area contributed by atoms with Gasteiger partial charge >= 0.3 is 0 Å². The molecule has 0 aromatic heterocycles. The number of hydrogen-bond donors (Lipinski definition) is 0. The van der Waals surface area contributed by atoms with E-state index in [1.54, 1.807) is 14.2 Å². The van der Waals surface area contributed by atoms with Crippen LogP contribution in [0.25, 0.3) is 0 Å². The topological polar surface area (TPSA) is 48.0 Å². The highest BCUT2D eigenvalue weighted by Crippen LogP contribution is 2.45. The number of ether oxygens (including phenoxy) is 3. The maximum atomic E-state index is 12.6. The molecule has 0 N–H and O–H groups in total. The highest BCUT2D eigenvalue weighted by Gasteiger charge is 2.43. The molecular weight excluding hydrogens is 318 g/mol. The average Bonchev–Trinajstić information content (AvgIpc) is 2.60. The third-order valence-electron chi connectivity index (χ3n) is 5.35. The summed E-state index contributed by atoms with van der Waals surface area (Å²) in [6.07, 6.45) is 2.51. The number of methoxy groups -OCH3 is 2. The van der Waals surface area contributed by atoms with Gasteiger partial charge in [0.15, 0.2) is 11.5 Å². The Hall–Kier alpha value is -1.75. The standard InChI is InChI=1S/C20H29NO4/c1-19(2,3)18(22)21-9-7-20(8-10-21)15-13-17(24-5)16(23-4)12-14(15)6-11-25-20/h12-13H,6-11H2,1-5H3. The van der Waals surface area contributed by atoms with Crippen molar-refractivity contribution in [3.63, 3.8) is 0 Å². The number of piperidine rings is 1. The van der Waals surface area contributed by atoms with Crippen molar-refractivity contribution in [3.05, 3.63) is 23.3 Å². The Kier molecular flexibility index (Phi) is 4.71. The zero-order valence-electron chi connectivity index (χ0n) is 16.0. The lowest BCUT2D eigenvalue weighted by molar-refractivity contribution is -0.148. The van der Waals surface area contributed by atoms with E-state index in [1.165, 1.54) is 11.1 Å². The molecule has 0 saturated carbocycles. The molecule has 0 atom stereocenters. The summed E-state index contributed by atoms with van der Waals surface area (Å²) in [5.74, 6) is 1.71. The lowest BCUT2D eigenvalue weighted by atomic mass is 9.78. The number of fused-ring (bicyclic) bond motifs is 2. The van der Waals surface area contributed by atoms with Gasteiger partial charge in [-0.3, -0.25) is 4.79 Å². The Morgan fingerprint density at radius 2 is 1.72 bits per heavy atom. The minimum atomic E-state index is -0.341. The van der Waals surface area contributed by atoms with Crippen LogP contribution in [0.1, 0.15) is 44.7 Å². The number of carbonyl (C=O) groups is 1. The monoisotopic (exact) mass is 347 g/mol. The predicted molar refractivity (Wildman–Crippen MR) is 96.1 cm³/mol. The number of rotatable bonds is 2. The van der Waals surface area contributed by atoms with E-state index in [2.05, 4.69) is 12.1 Å². The fourth-order valence-electron chi connectivity index (χ4n) is 3.95. The number of amides is 1. The molecular formula is C20H29NO4. The summed E-state index contributed by atoms with van der Waals surface area (Å²) in [5, 5.41) is 0. The van der Waals surface area contributed by atoms with Gasteiger partial charge in [-0.25, -0.2) is 0 Å². The van der Waals surface area contributed by atoms with Crippen LogP contribution in [-0.4, -0.2) is 44.7 Å². The van der Waals surface area contributed by atoms with Gasteiger partial charge in [0.05, 0.1) is 26.4 Å². The molecule has 2 aliphatic rings. The second kappa shape index (κ2) is 6.52. The molecule has 1 amide bonds. The maximum Gasteiger partial charge on any atom is 0.227 e. The molecule has 5 nitrogen and oxygen atoms in total. The van der Waals surface area contributed by atoms with Crippen LogP contribution in [0.15, 0.2) is 12.1 Å². The van der Waals surface area contributed by atoms with Gasteiger partial charge in [0, 0.05) is 18.5 Å². The van der Waals surface area contributed by atoms with Gasteiger partial charge in [-0.1, -0.05) is 20.8 Å². The Morgan fingerprint density at radius 1 is 1.12 bits per heavy atom. The minimum absolute atomic E-state index is 0.214. The van der Waals surface area contributed by atoms with E-state index in [4.69, 9.17) is 14.2 Å². The quantitative estimate of drug-likeness (QED) is 0.825. The summed E-state index contributed by atoms with van der Waals surface area (Å²) in [5.41, 5.74) is 1.80.